The van der Waals surface area contributed by atoms with E-state index in [1.807, 2.05) is 0 Å². The lowest BCUT2D eigenvalue weighted by Gasteiger charge is -2.58. The maximum absolute atomic E-state index is 13.7. The predicted octanol–water partition coefficient (Wildman–Crippen LogP) is 2.30. The van der Waals surface area contributed by atoms with Crippen molar-refractivity contribution in [3.05, 3.63) is 17.5 Å². The summed E-state index contributed by atoms with van der Waals surface area (Å²) < 4.78 is 41.9. The third-order valence-corrected chi connectivity index (χ3v) is 6.78. The topological polar surface area (TPSA) is 87.4 Å². The molecule has 9 heteroatoms. The molecule has 0 aromatic carbocycles. The van der Waals surface area contributed by atoms with Crippen LogP contribution in [0.3, 0.4) is 0 Å². The second-order valence-corrected chi connectivity index (χ2v) is 9.48. The summed E-state index contributed by atoms with van der Waals surface area (Å²) in [6.07, 6.45) is -0.0863. The molecule has 156 valence electrons. The zero-order valence-corrected chi connectivity index (χ0v) is 16.0. The van der Waals surface area contributed by atoms with E-state index in [0.717, 1.165) is 25.5 Å². The smallest absolute Gasteiger partial charge is 0.394 e. The summed E-state index contributed by atoms with van der Waals surface area (Å²) in [4.78, 5) is 12.8. The minimum atomic E-state index is -4.78. The number of nitrogens with zero attached hydrogens (tertiary/aromatic N) is 2. The summed E-state index contributed by atoms with van der Waals surface area (Å²) in [6.45, 7) is 2.30. The number of aromatic nitrogens is 2. The molecule has 0 radical (unpaired) electrons. The first-order chi connectivity index (χ1) is 12.9. The highest BCUT2D eigenvalue weighted by atomic mass is 19.4. The Hall–Kier alpha value is -1.61. The quantitative estimate of drug-likeness (QED) is 0.723. The van der Waals surface area contributed by atoms with Gasteiger partial charge in [0.05, 0.1) is 29.5 Å². The van der Waals surface area contributed by atoms with Gasteiger partial charge in [-0.05, 0) is 63.7 Å². The van der Waals surface area contributed by atoms with Gasteiger partial charge in [0.25, 0.3) is 5.91 Å². The maximum atomic E-state index is 13.7. The Balaban J connectivity index is 1.61. The Kier molecular flexibility index (Phi) is 4.36. The van der Waals surface area contributed by atoms with Crippen LogP contribution in [0.15, 0.2) is 6.20 Å². The van der Waals surface area contributed by atoms with Crippen LogP contribution in [0.25, 0.3) is 0 Å². The van der Waals surface area contributed by atoms with Gasteiger partial charge in [-0.15, -0.1) is 0 Å². The molecular formula is C19H26F3N3O3. The fourth-order valence-electron chi connectivity index (χ4n) is 5.76. The number of alkyl halides is 3. The van der Waals surface area contributed by atoms with E-state index in [2.05, 4.69) is 10.4 Å². The maximum Gasteiger partial charge on any atom is 0.433 e. The van der Waals surface area contributed by atoms with Gasteiger partial charge in [-0.3, -0.25) is 9.48 Å². The molecule has 1 aromatic rings. The second-order valence-electron chi connectivity index (χ2n) is 9.48. The molecule has 5 rings (SSSR count). The molecular weight excluding hydrogens is 375 g/mol. The van der Waals surface area contributed by atoms with Crippen molar-refractivity contribution in [1.82, 2.24) is 15.1 Å². The molecule has 1 aromatic heterocycles. The standard InChI is InChI=1S/C19H26F3N3O3/c1-17(2,9-26)25-15(19(20,21)22)13(8-23-25)16(27)24-14-11-3-10-4-12(14)7-18(28,5-10)6-11/h8,10-12,14,26,28H,3-7,9H2,1-2H3,(H,24,27). The monoisotopic (exact) mass is 401 g/mol. The Morgan fingerprint density at radius 1 is 1.29 bits per heavy atom. The van der Waals surface area contributed by atoms with Gasteiger partial charge in [0.2, 0.25) is 0 Å². The highest BCUT2D eigenvalue weighted by molar-refractivity contribution is 5.95. The van der Waals surface area contributed by atoms with Crippen LogP contribution in [0.5, 0.6) is 0 Å². The van der Waals surface area contributed by atoms with Crippen molar-refractivity contribution in [1.29, 1.82) is 0 Å². The number of rotatable bonds is 4. The van der Waals surface area contributed by atoms with Gasteiger partial charge >= 0.3 is 6.18 Å². The van der Waals surface area contributed by atoms with Gasteiger partial charge in [0, 0.05) is 6.04 Å². The van der Waals surface area contributed by atoms with Crippen LogP contribution < -0.4 is 5.32 Å². The lowest BCUT2D eigenvalue weighted by atomic mass is 9.52. The third-order valence-electron chi connectivity index (χ3n) is 6.78. The SMILES string of the molecule is CC(C)(CO)n1ncc(C(=O)NC2C3CC4CC2CC(O)(C4)C3)c1C(F)(F)F. The molecule has 0 aliphatic heterocycles. The molecule has 2 atom stereocenters. The molecule has 6 nitrogen and oxygen atoms in total. The summed E-state index contributed by atoms with van der Waals surface area (Å²) >= 11 is 0. The number of hydrogen-bond acceptors (Lipinski definition) is 4. The van der Waals surface area contributed by atoms with E-state index in [0.29, 0.717) is 23.4 Å². The van der Waals surface area contributed by atoms with Gasteiger partial charge in [0.1, 0.15) is 0 Å². The normalized spacial score (nSPS) is 34.7. The van der Waals surface area contributed by atoms with Crippen LogP contribution in [-0.4, -0.2) is 44.2 Å². The molecule has 3 N–H and O–H groups in total. The molecule has 0 spiro atoms. The summed E-state index contributed by atoms with van der Waals surface area (Å²) in [5, 5.41) is 26.7. The Bertz CT molecular complexity index is 773. The van der Waals surface area contributed by atoms with Crippen LogP contribution in [0.4, 0.5) is 13.2 Å². The number of hydrogen-bond donors (Lipinski definition) is 3. The molecule has 4 aliphatic rings. The molecule has 1 amide bonds. The van der Waals surface area contributed by atoms with Crippen molar-refractivity contribution < 1.29 is 28.2 Å². The number of aliphatic hydroxyl groups is 2. The van der Waals surface area contributed by atoms with Crippen molar-refractivity contribution in [2.24, 2.45) is 17.8 Å². The summed E-state index contributed by atoms with van der Waals surface area (Å²) in [5.41, 5.74) is -3.65. The van der Waals surface area contributed by atoms with E-state index >= 15 is 0 Å². The summed E-state index contributed by atoms with van der Waals surface area (Å²) in [7, 11) is 0. The molecule has 2 unspecified atom stereocenters. The number of halogens is 3. The van der Waals surface area contributed by atoms with E-state index in [1.54, 1.807) is 0 Å². The summed E-state index contributed by atoms with van der Waals surface area (Å²) in [5.74, 6) is -0.164. The van der Waals surface area contributed by atoms with Crippen molar-refractivity contribution in [2.75, 3.05) is 6.61 Å². The third kappa shape index (κ3) is 3.12. The van der Waals surface area contributed by atoms with Crippen LogP contribution in [-0.2, 0) is 11.7 Å². The van der Waals surface area contributed by atoms with Crippen LogP contribution in [0.1, 0.15) is 62.0 Å². The average molecular weight is 401 g/mol. The lowest BCUT2D eigenvalue weighted by molar-refractivity contribution is -0.147. The van der Waals surface area contributed by atoms with Crippen LogP contribution in [0, 0.1) is 17.8 Å². The molecule has 4 bridgehead atoms. The fraction of sp³-hybridized carbons (Fsp3) is 0.789. The number of amides is 1. The van der Waals surface area contributed by atoms with E-state index in [9.17, 15) is 28.2 Å². The Labute approximate surface area is 161 Å². The molecule has 0 saturated heterocycles. The second kappa shape index (κ2) is 6.19. The predicted molar refractivity (Wildman–Crippen MR) is 93.4 cm³/mol. The fourth-order valence-corrected chi connectivity index (χ4v) is 5.76. The van der Waals surface area contributed by atoms with Crippen molar-refractivity contribution >= 4 is 5.91 Å². The highest BCUT2D eigenvalue weighted by Crippen LogP contribution is 2.55. The Morgan fingerprint density at radius 2 is 1.89 bits per heavy atom. The minimum absolute atomic E-state index is 0.0958. The summed E-state index contributed by atoms with van der Waals surface area (Å²) in [6, 6.07) is -0.223. The molecule has 28 heavy (non-hydrogen) atoms. The van der Waals surface area contributed by atoms with E-state index in [1.165, 1.54) is 13.8 Å². The van der Waals surface area contributed by atoms with Gasteiger partial charge in [-0.25, -0.2) is 0 Å². The largest absolute Gasteiger partial charge is 0.433 e. The first kappa shape index (κ1) is 19.7. The van der Waals surface area contributed by atoms with E-state index < -0.39 is 41.1 Å². The van der Waals surface area contributed by atoms with Crippen molar-refractivity contribution in [3.63, 3.8) is 0 Å². The number of carbonyl (C=O) groups is 1. The first-order valence-corrected chi connectivity index (χ1v) is 9.73. The first-order valence-electron chi connectivity index (χ1n) is 9.73. The molecule has 4 aliphatic carbocycles. The van der Waals surface area contributed by atoms with Gasteiger partial charge in [-0.1, -0.05) is 0 Å². The van der Waals surface area contributed by atoms with Gasteiger partial charge in [-0.2, -0.15) is 18.3 Å². The van der Waals surface area contributed by atoms with Crippen LogP contribution >= 0.6 is 0 Å². The van der Waals surface area contributed by atoms with E-state index in [4.69, 9.17) is 0 Å². The molecule has 1 heterocycles. The molecule has 4 saturated carbocycles. The van der Waals surface area contributed by atoms with E-state index in [-0.39, 0.29) is 17.9 Å². The van der Waals surface area contributed by atoms with Crippen molar-refractivity contribution in [3.8, 4) is 0 Å². The number of nitrogens with one attached hydrogen (secondary N) is 1. The lowest BCUT2D eigenvalue weighted by Crippen LogP contribution is -2.61. The van der Waals surface area contributed by atoms with Crippen molar-refractivity contribution in [2.45, 2.75) is 69.3 Å². The van der Waals surface area contributed by atoms with Gasteiger partial charge in [0.15, 0.2) is 5.69 Å². The average Bonchev–Trinajstić information content (AvgIpc) is 3.03. The molecule has 4 fully saturated rings. The van der Waals surface area contributed by atoms with Crippen LogP contribution in [0.2, 0.25) is 0 Å². The Morgan fingerprint density at radius 3 is 2.39 bits per heavy atom. The van der Waals surface area contributed by atoms with Gasteiger partial charge < -0.3 is 15.5 Å². The zero-order chi connectivity index (χ0) is 20.5. The number of aliphatic hydroxyl groups excluding tert-OH is 1. The highest BCUT2D eigenvalue weighted by Gasteiger charge is 2.55. The minimum Gasteiger partial charge on any atom is -0.394 e. The number of carbonyl (C=O) groups excluding carboxylic acids is 1. The zero-order valence-electron chi connectivity index (χ0n) is 16.0.